The normalized spacial score (nSPS) is 11.6. The van der Waals surface area contributed by atoms with Gasteiger partial charge in [0.05, 0.1) is 0 Å². The van der Waals surface area contributed by atoms with Crippen LogP contribution in [0.4, 0.5) is 0 Å². The highest BCUT2D eigenvalue weighted by molar-refractivity contribution is 5.86. The van der Waals surface area contributed by atoms with Gasteiger partial charge in [0.2, 0.25) is 0 Å². The van der Waals surface area contributed by atoms with Gasteiger partial charge < -0.3 is 5.32 Å². The number of halogens is 3. The van der Waals surface area contributed by atoms with Crippen molar-refractivity contribution in [1.29, 1.82) is 0 Å². The highest BCUT2D eigenvalue weighted by atomic mass is 35.5. The molecule has 0 fully saturated rings. The Kier molecular flexibility index (Phi) is 19.5. The molecule has 0 aromatic rings. The van der Waals surface area contributed by atoms with E-state index in [1.54, 1.807) is 6.20 Å². The zero-order chi connectivity index (χ0) is 4.24. The predicted molar refractivity (Wildman–Crippen MR) is 47.4 cm³/mol. The number of aliphatic imine (C=N–C) groups is 1. The van der Waals surface area contributed by atoms with Gasteiger partial charge >= 0.3 is 0 Å². The van der Waals surface area contributed by atoms with Crippen LogP contribution < -0.4 is 5.32 Å². The SMILES string of the molecule is C1=CNCC=N1.Cl.Cl.Cl. The predicted octanol–water partition coefficient (Wildman–Crippen LogP) is 1.40. The van der Waals surface area contributed by atoms with Crippen LogP contribution in [0.15, 0.2) is 17.4 Å². The van der Waals surface area contributed by atoms with Crippen molar-refractivity contribution in [1.82, 2.24) is 5.32 Å². The smallest absolute Gasteiger partial charge is 0.0498 e. The first kappa shape index (κ1) is 16.0. The quantitative estimate of drug-likeness (QED) is 0.615. The van der Waals surface area contributed by atoms with Crippen molar-refractivity contribution in [3.8, 4) is 0 Å². The molecule has 1 rings (SSSR count). The fourth-order valence-electron chi connectivity index (χ4n) is 0.330. The molecule has 0 unspecified atom stereocenters. The summed E-state index contributed by atoms with van der Waals surface area (Å²) in [5.74, 6) is 0. The number of hydrogen-bond donors (Lipinski definition) is 1. The van der Waals surface area contributed by atoms with Crippen molar-refractivity contribution in [2.45, 2.75) is 0 Å². The summed E-state index contributed by atoms with van der Waals surface area (Å²) in [4.78, 5) is 3.81. The van der Waals surface area contributed by atoms with Gasteiger partial charge in [-0.05, 0) is 0 Å². The molecule has 0 aromatic carbocycles. The highest BCUT2D eigenvalue weighted by Crippen LogP contribution is 1.73. The molecule has 0 bridgehead atoms. The van der Waals surface area contributed by atoms with E-state index in [2.05, 4.69) is 10.3 Å². The molecule has 1 heterocycles. The fourth-order valence-corrected chi connectivity index (χ4v) is 0.330. The van der Waals surface area contributed by atoms with E-state index >= 15 is 0 Å². The maximum atomic E-state index is 3.81. The van der Waals surface area contributed by atoms with Crippen molar-refractivity contribution in [3.63, 3.8) is 0 Å². The van der Waals surface area contributed by atoms with E-state index in [1.165, 1.54) is 0 Å². The number of nitrogens with zero attached hydrogens (tertiary/aromatic N) is 1. The molecular weight excluding hydrogens is 182 g/mol. The van der Waals surface area contributed by atoms with Gasteiger partial charge in [-0.1, -0.05) is 0 Å². The molecule has 0 saturated heterocycles. The van der Waals surface area contributed by atoms with Gasteiger partial charge in [0, 0.05) is 25.2 Å². The zero-order valence-electron chi connectivity index (χ0n) is 4.61. The molecule has 0 radical (unpaired) electrons. The van der Waals surface area contributed by atoms with Crippen LogP contribution in [0.3, 0.4) is 0 Å². The largest absolute Gasteiger partial charge is 0.385 e. The standard InChI is InChI=1S/C4H6N2.3ClH/c1-2-6-4-3-5-1;;;/h1-3,6H,4H2;3*1H. The molecule has 1 aliphatic heterocycles. The fraction of sp³-hybridized carbons (Fsp3) is 0.250. The number of nitrogens with one attached hydrogen (secondary N) is 1. The zero-order valence-corrected chi connectivity index (χ0v) is 7.06. The lowest BCUT2D eigenvalue weighted by molar-refractivity contribution is 1.01. The van der Waals surface area contributed by atoms with E-state index in [0.29, 0.717) is 0 Å². The molecule has 1 N–H and O–H groups in total. The van der Waals surface area contributed by atoms with Crippen LogP contribution in [0.1, 0.15) is 0 Å². The van der Waals surface area contributed by atoms with Gasteiger partial charge in [-0.3, -0.25) is 4.99 Å². The average molecular weight is 191 g/mol. The Balaban J connectivity index is -0.000000120. The number of hydrogen-bond acceptors (Lipinski definition) is 2. The summed E-state index contributed by atoms with van der Waals surface area (Å²) < 4.78 is 0. The van der Waals surface area contributed by atoms with Crippen LogP contribution in [0.5, 0.6) is 0 Å². The second-order valence-corrected chi connectivity index (χ2v) is 1.06. The third-order valence-electron chi connectivity index (χ3n) is 0.593. The Morgan fingerprint density at radius 1 is 1.22 bits per heavy atom. The van der Waals surface area contributed by atoms with E-state index in [9.17, 15) is 0 Å². The molecule has 0 spiro atoms. The Hall–Kier alpha value is 0.0800. The topological polar surface area (TPSA) is 24.4 Å². The monoisotopic (exact) mass is 190 g/mol. The van der Waals surface area contributed by atoms with Crippen LogP contribution in [-0.4, -0.2) is 12.8 Å². The van der Waals surface area contributed by atoms with E-state index < -0.39 is 0 Å². The first-order valence-corrected chi connectivity index (χ1v) is 1.90. The molecule has 0 amide bonds. The van der Waals surface area contributed by atoms with Gasteiger partial charge in [-0.2, -0.15) is 0 Å². The molecule has 56 valence electrons. The number of rotatable bonds is 0. The van der Waals surface area contributed by atoms with Crippen molar-refractivity contribution in [2.75, 3.05) is 6.54 Å². The Morgan fingerprint density at radius 2 is 1.89 bits per heavy atom. The van der Waals surface area contributed by atoms with Gasteiger partial charge in [-0.15, -0.1) is 37.2 Å². The molecule has 5 heteroatoms. The molecule has 2 nitrogen and oxygen atoms in total. The summed E-state index contributed by atoms with van der Waals surface area (Å²) in [7, 11) is 0. The van der Waals surface area contributed by atoms with Gasteiger partial charge in [-0.25, -0.2) is 0 Å². The molecule has 0 aliphatic carbocycles. The first-order valence-electron chi connectivity index (χ1n) is 1.90. The van der Waals surface area contributed by atoms with Crippen molar-refractivity contribution in [3.05, 3.63) is 12.4 Å². The molecule has 0 atom stereocenters. The summed E-state index contributed by atoms with van der Waals surface area (Å²) in [5.41, 5.74) is 0. The van der Waals surface area contributed by atoms with Crippen LogP contribution in [-0.2, 0) is 0 Å². The first-order chi connectivity index (χ1) is 3.00. The summed E-state index contributed by atoms with van der Waals surface area (Å²) in [6.45, 7) is 0.872. The summed E-state index contributed by atoms with van der Waals surface area (Å²) in [6.07, 6.45) is 5.36. The molecule has 1 aliphatic rings. The van der Waals surface area contributed by atoms with E-state index in [1.807, 2.05) is 12.4 Å². The van der Waals surface area contributed by atoms with E-state index in [-0.39, 0.29) is 37.2 Å². The van der Waals surface area contributed by atoms with Crippen molar-refractivity contribution in [2.24, 2.45) is 4.99 Å². The summed E-state index contributed by atoms with van der Waals surface area (Å²) in [5, 5.41) is 2.95. The minimum atomic E-state index is 0. The Bertz CT molecular complexity index is 79.8. The molecule has 0 saturated carbocycles. The molecule has 0 aromatic heterocycles. The van der Waals surface area contributed by atoms with Crippen LogP contribution in [0.25, 0.3) is 0 Å². The van der Waals surface area contributed by atoms with Crippen LogP contribution >= 0.6 is 37.2 Å². The average Bonchev–Trinajstić information content (AvgIpc) is 1.72. The van der Waals surface area contributed by atoms with Gasteiger partial charge in [0.25, 0.3) is 0 Å². The summed E-state index contributed by atoms with van der Waals surface area (Å²) >= 11 is 0. The minimum absolute atomic E-state index is 0. The van der Waals surface area contributed by atoms with Crippen LogP contribution in [0, 0.1) is 0 Å². The van der Waals surface area contributed by atoms with Crippen molar-refractivity contribution >= 4 is 43.4 Å². The second-order valence-electron chi connectivity index (χ2n) is 1.06. The van der Waals surface area contributed by atoms with E-state index in [4.69, 9.17) is 0 Å². The van der Waals surface area contributed by atoms with E-state index in [0.717, 1.165) is 6.54 Å². The Labute approximate surface area is 73.0 Å². The minimum Gasteiger partial charge on any atom is -0.385 e. The lowest BCUT2D eigenvalue weighted by Crippen LogP contribution is -2.09. The molecular formula is C4H9Cl3N2. The third-order valence-corrected chi connectivity index (χ3v) is 0.593. The lowest BCUT2D eigenvalue weighted by Gasteiger charge is -1.93. The highest BCUT2D eigenvalue weighted by Gasteiger charge is 1.74. The third kappa shape index (κ3) is 8.08. The van der Waals surface area contributed by atoms with Gasteiger partial charge in [0.1, 0.15) is 0 Å². The van der Waals surface area contributed by atoms with Gasteiger partial charge in [0.15, 0.2) is 0 Å². The maximum absolute atomic E-state index is 3.81. The van der Waals surface area contributed by atoms with Crippen LogP contribution in [0.2, 0.25) is 0 Å². The second kappa shape index (κ2) is 11.0. The lowest BCUT2D eigenvalue weighted by atomic mass is 10.6. The molecule has 9 heavy (non-hydrogen) atoms. The van der Waals surface area contributed by atoms with Crippen molar-refractivity contribution < 1.29 is 0 Å². The Morgan fingerprint density at radius 3 is 2.00 bits per heavy atom. The summed E-state index contributed by atoms with van der Waals surface area (Å²) in [6, 6.07) is 0. The maximum Gasteiger partial charge on any atom is 0.0498 e.